The highest BCUT2D eigenvalue weighted by Gasteiger charge is 2.31. The Morgan fingerprint density at radius 2 is 1.92 bits per heavy atom. The molecule has 2 aliphatic rings. The number of allylic oxidation sites excluding steroid dienone is 2. The standard InChI is InChI=1S/C12H21B/c1-10-8-12(13(2)9-10)11-6-4-3-5-7-11/h8,11-12H,3-7,9H2,1-2H3. The van der Waals surface area contributed by atoms with Crippen molar-refractivity contribution in [3.8, 4) is 0 Å². The van der Waals surface area contributed by atoms with Crippen molar-refractivity contribution in [2.45, 2.75) is 58.0 Å². The molecule has 0 radical (unpaired) electrons. The summed E-state index contributed by atoms with van der Waals surface area (Å²) < 4.78 is 0. The van der Waals surface area contributed by atoms with Crippen LogP contribution in [0.25, 0.3) is 0 Å². The molecule has 1 heterocycles. The van der Waals surface area contributed by atoms with Crippen molar-refractivity contribution in [2.75, 3.05) is 0 Å². The van der Waals surface area contributed by atoms with Gasteiger partial charge in [0.25, 0.3) is 0 Å². The quantitative estimate of drug-likeness (QED) is 0.418. The molecule has 1 fully saturated rings. The molecule has 0 nitrogen and oxygen atoms in total. The van der Waals surface area contributed by atoms with Crippen LogP contribution in [0.2, 0.25) is 19.0 Å². The highest BCUT2D eigenvalue weighted by atomic mass is 14.2. The van der Waals surface area contributed by atoms with Gasteiger partial charge in [0.1, 0.15) is 6.71 Å². The molecule has 0 spiro atoms. The first-order valence-corrected chi connectivity index (χ1v) is 5.94. The van der Waals surface area contributed by atoms with E-state index in [1.54, 1.807) is 5.57 Å². The molecule has 72 valence electrons. The smallest absolute Gasteiger partial charge is 0.0901 e. The lowest BCUT2D eigenvalue weighted by Crippen LogP contribution is -2.20. The van der Waals surface area contributed by atoms with E-state index in [-0.39, 0.29) is 0 Å². The topological polar surface area (TPSA) is 0 Å². The van der Waals surface area contributed by atoms with E-state index in [1.807, 2.05) is 0 Å². The minimum absolute atomic E-state index is 0.931. The monoisotopic (exact) mass is 176 g/mol. The Morgan fingerprint density at radius 3 is 2.46 bits per heavy atom. The molecule has 13 heavy (non-hydrogen) atoms. The lowest BCUT2D eigenvalue weighted by atomic mass is 9.40. The zero-order valence-corrected chi connectivity index (χ0v) is 9.05. The van der Waals surface area contributed by atoms with Gasteiger partial charge in [0.2, 0.25) is 0 Å². The van der Waals surface area contributed by atoms with Crippen LogP contribution in [0.1, 0.15) is 39.0 Å². The predicted octanol–water partition coefficient (Wildman–Crippen LogP) is 4.02. The second-order valence-electron chi connectivity index (χ2n) is 5.17. The Kier molecular flexibility index (Phi) is 2.81. The summed E-state index contributed by atoms with van der Waals surface area (Å²) in [4.78, 5) is 0. The summed E-state index contributed by atoms with van der Waals surface area (Å²) in [6, 6.07) is 0. The first-order valence-electron chi connectivity index (χ1n) is 5.94. The van der Waals surface area contributed by atoms with Crippen molar-refractivity contribution in [1.29, 1.82) is 0 Å². The normalized spacial score (nSPS) is 30.8. The average molecular weight is 176 g/mol. The minimum Gasteiger partial charge on any atom is -0.0901 e. The number of hydrogen-bond acceptors (Lipinski definition) is 0. The molecule has 0 amide bonds. The van der Waals surface area contributed by atoms with Gasteiger partial charge in [0.15, 0.2) is 0 Å². The summed E-state index contributed by atoms with van der Waals surface area (Å²) in [7, 11) is 0. The molecule has 0 aromatic heterocycles. The van der Waals surface area contributed by atoms with Crippen molar-refractivity contribution in [3.05, 3.63) is 11.6 Å². The van der Waals surface area contributed by atoms with Gasteiger partial charge >= 0.3 is 0 Å². The van der Waals surface area contributed by atoms with Crippen LogP contribution in [0.15, 0.2) is 11.6 Å². The van der Waals surface area contributed by atoms with Crippen LogP contribution in [0, 0.1) is 5.92 Å². The fourth-order valence-corrected chi connectivity index (χ4v) is 3.32. The summed E-state index contributed by atoms with van der Waals surface area (Å²) in [5.41, 5.74) is 1.64. The predicted molar refractivity (Wildman–Crippen MR) is 60.5 cm³/mol. The Bertz CT molecular complexity index is 201. The van der Waals surface area contributed by atoms with Crippen LogP contribution in [0.4, 0.5) is 0 Å². The van der Waals surface area contributed by atoms with Gasteiger partial charge in [0, 0.05) is 0 Å². The molecule has 0 aromatic rings. The third kappa shape index (κ3) is 2.00. The van der Waals surface area contributed by atoms with Gasteiger partial charge in [0.05, 0.1) is 0 Å². The average Bonchev–Trinajstić information content (AvgIpc) is 2.47. The molecule has 0 saturated heterocycles. The third-order valence-corrected chi connectivity index (χ3v) is 3.97. The molecule has 1 saturated carbocycles. The summed E-state index contributed by atoms with van der Waals surface area (Å²) in [5, 5.41) is 0. The second kappa shape index (κ2) is 3.90. The van der Waals surface area contributed by atoms with Crippen LogP contribution < -0.4 is 0 Å². The van der Waals surface area contributed by atoms with Crippen LogP contribution >= 0.6 is 0 Å². The van der Waals surface area contributed by atoms with Crippen LogP contribution in [0.5, 0.6) is 0 Å². The SMILES string of the molecule is CB1CC(C)=CC1C1CCCCC1. The lowest BCUT2D eigenvalue weighted by Gasteiger charge is -2.28. The molecule has 2 rings (SSSR count). The molecule has 1 aliphatic heterocycles. The van der Waals surface area contributed by atoms with Gasteiger partial charge in [-0.15, -0.1) is 0 Å². The summed E-state index contributed by atoms with van der Waals surface area (Å²) >= 11 is 0. The van der Waals surface area contributed by atoms with E-state index < -0.39 is 0 Å². The minimum atomic E-state index is 0.931. The van der Waals surface area contributed by atoms with E-state index in [0.717, 1.165) is 18.4 Å². The van der Waals surface area contributed by atoms with E-state index in [4.69, 9.17) is 0 Å². The zero-order valence-electron chi connectivity index (χ0n) is 9.05. The van der Waals surface area contributed by atoms with Gasteiger partial charge < -0.3 is 0 Å². The molecule has 0 N–H and O–H groups in total. The number of hydrogen-bond donors (Lipinski definition) is 0. The second-order valence-corrected chi connectivity index (χ2v) is 5.17. The first-order chi connectivity index (χ1) is 6.27. The molecule has 1 aliphatic carbocycles. The van der Waals surface area contributed by atoms with Gasteiger partial charge in [-0.1, -0.05) is 56.9 Å². The molecule has 0 aromatic carbocycles. The Hall–Kier alpha value is -0.195. The molecular formula is C12H21B. The van der Waals surface area contributed by atoms with Crippen molar-refractivity contribution < 1.29 is 0 Å². The maximum Gasteiger partial charge on any atom is 0.148 e. The van der Waals surface area contributed by atoms with E-state index in [2.05, 4.69) is 19.8 Å². The fourth-order valence-electron chi connectivity index (χ4n) is 3.32. The zero-order chi connectivity index (χ0) is 9.26. The van der Waals surface area contributed by atoms with Crippen molar-refractivity contribution in [2.24, 2.45) is 5.92 Å². The molecule has 1 heteroatoms. The summed E-state index contributed by atoms with van der Waals surface area (Å²) in [5.74, 6) is 1.96. The van der Waals surface area contributed by atoms with Crippen molar-refractivity contribution in [3.63, 3.8) is 0 Å². The van der Waals surface area contributed by atoms with Gasteiger partial charge in [-0.25, -0.2) is 0 Å². The van der Waals surface area contributed by atoms with Crippen LogP contribution in [-0.4, -0.2) is 6.71 Å². The highest BCUT2D eigenvalue weighted by molar-refractivity contribution is 6.61. The first kappa shape index (κ1) is 9.36. The molecule has 1 atom stereocenters. The van der Waals surface area contributed by atoms with Crippen LogP contribution in [0.3, 0.4) is 0 Å². The Morgan fingerprint density at radius 1 is 1.23 bits per heavy atom. The Balaban J connectivity index is 1.98. The van der Waals surface area contributed by atoms with Crippen molar-refractivity contribution in [1.82, 2.24) is 0 Å². The number of rotatable bonds is 1. The maximum absolute atomic E-state index is 2.57. The van der Waals surface area contributed by atoms with Gasteiger partial charge in [-0.2, -0.15) is 0 Å². The van der Waals surface area contributed by atoms with Crippen LogP contribution in [-0.2, 0) is 0 Å². The van der Waals surface area contributed by atoms with E-state index in [1.165, 1.54) is 38.4 Å². The van der Waals surface area contributed by atoms with Gasteiger partial charge in [-0.05, 0) is 18.7 Å². The summed E-state index contributed by atoms with van der Waals surface area (Å²) in [6.07, 6.45) is 11.4. The Labute approximate surface area is 82.9 Å². The fraction of sp³-hybridized carbons (Fsp3) is 0.833. The molecular weight excluding hydrogens is 155 g/mol. The molecule has 0 bridgehead atoms. The molecule has 1 unspecified atom stereocenters. The summed E-state index contributed by atoms with van der Waals surface area (Å²) in [6.45, 7) is 5.68. The van der Waals surface area contributed by atoms with E-state index in [9.17, 15) is 0 Å². The van der Waals surface area contributed by atoms with E-state index in [0.29, 0.717) is 0 Å². The third-order valence-electron chi connectivity index (χ3n) is 3.97. The lowest BCUT2D eigenvalue weighted by molar-refractivity contribution is 0.360. The van der Waals surface area contributed by atoms with Gasteiger partial charge in [-0.3, -0.25) is 0 Å². The van der Waals surface area contributed by atoms with Crippen molar-refractivity contribution >= 4 is 6.71 Å². The van der Waals surface area contributed by atoms with E-state index >= 15 is 0 Å². The highest BCUT2D eigenvalue weighted by Crippen LogP contribution is 2.41. The largest absolute Gasteiger partial charge is 0.148 e. The maximum atomic E-state index is 2.57.